The van der Waals surface area contributed by atoms with Gasteiger partial charge in [0.1, 0.15) is 18.7 Å². The van der Waals surface area contributed by atoms with Gasteiger partial charge >= 0.3 is 5.97 Å². The third kappa shape index (κ3) is 3.20. The van der Waals surface area contributed by atoms with Crippen molar-refractivity contribution in [1.29, 1.82) is 0 Å². The smallest absolute Gasteiger partial charge is 0.327 e. The molecule has 0 unspecified atom stereocenters. The van der Waals surface area contributed by atoms with E-state index < -0.39 is 0 Å². The van der Waals surface area contributed by atoms with Crippen LogP contribution < -0.4 is 11.1 Å². The first-order chi connectivity index (χ1) is 11.2. The molecule has 0 radical (unpaired) electrons. The minimum Gasteiger partial charge on any atom is -0.465 e. The number of benzene rings is 1. The highest BCUT2D eigenvalue weighted by molar-refractivity contribution is 5.88. The molecule has 0 bridgehead atoms. The van der Waals surface area contributed by atoms with Gasteiger partial charge in [-0.1, -0.05) is 0 Å². The molecule has 3 aromatic rings. The molecule has 0 saturated heterocycles. The number of rotatable bonds is 5. The zero-order chi connectivity index (χ0) is 16.2. The maximum Gasteiger partial charge on any atom is 0.327 e. The molecule has 0 aliphatic carbocycles. The fraction of sp³-hybridized carbons (Fsp3) is 0.200. The molecule has 1 aromatic carbocycles. The van der Waals surface area contributed by atoms with Gasteiger partial charge < -0.3 is 15.8 Å². The number of fused-ring (bicyclic) bond motifs is 1. The van der Waals surface area contributed by atoms with Crippen molar-refractivity contribution in [3.8, 4) is 0 Å². The fourth-order valence-corrected chi connectivity index (χ4v) is 2.14. The fourth-order valence-electron chi connectivity index (χ4n) is 2.14. The molecule has 0 saturated carbocycles. The average molecular weight is 312 g/mol. The van der Waals surface area contributed by atoms with E-state index in [0.29, 0.717) is 29.1 Å². The van der Waals surface area contributed by atoms with Crippen LogP contribution in [0, 0.1) is 0 Å². The number of carbonyl (C=O) groups is 1. The molecule has 2 heterocycles. The van der Waals surface area contributed by atoms with Gasteiger partial charge in [0.25, 0.3) is 0 Å². The number of hydrogen-bond acceptors (Lipinski definition) is 7. The Balaban J connectivity index is 1.89. The Labute approximate surface area is 132 Å². The van der Waals surface area contributed by atoms with Gasteiger partial charge in [0, 0.05) is 11.4 Å². The van der Waals surface area contributed by atoms with E-state index in [1.165, 1.54) is 11.0 Å². The van der Waals surface area contributed by atoms with Gasteiger partial charge in [-0.05, 0) is 31.2 Å². The summed E-state index contributed by atoms with van der Waals surface area (Å²) in [6.45, 7) is 2.10. The number of nitrogen functional groups attached to an aromatic ring is 1. The summed E-state index contributed by atoms with van der Waals surface area (Å²) in [5.74, 6) is 0.249. The number of carbonyl (C=O) groups excluding carboxylic acids is 1. The van der Waals surface area contributed by atoms with Crippen LogP contribution in [0.4, 0.5) is 17.2 Å². The van der Waals surface area contributed by atoms with Gasteiger partial charge in [0.2, 0.25) is 0 Å². The van der Waals surface area contributed by atoms with E-state index >= 15 is 0 Å². The topological polar surface area (TPSA) is 108 Å². The lowest BCUT2D eigenvalue weighted by atomic mass is 10.3. The molecule has 3 N–H and O–H groups in total. The number of anilines is 3. The summed E-state index contributed by atoms with van der Waals surface area (Å²) in [6.07, 6.45) is 3.04. The quantitative estimate of drug-likeness (QED) is 0.545. The molecule has 0 spiro atoms. The Morgan fingerprint density at radius 1 is 1.30 bits per heavy atom. The number of nitrogens with one attached hydrogen (secondary N) is 1. The minimum atomic E-state index is -0.357. The summed E-state index contributed by atoms with van der Waals surface area (Å²) in [5.41, 5.74) is 7.77. The van der Waals surface area contributed by atoms with Gasteiger partial charge in [-0.2, -0.15) is 5.10 Å². The molecular weight excluding hydrogens is 296 g/mol. The van der Waals surface area contributed by atoms with Gasteiger partial charge in [-0.15, -0.1) is 0 Å². The van der Waals surface area contributed by atoms with E-state index in [1.54, 1.807) is 25.3 Å². The van der Waals surface area contributed by atoms with Crippen molar-refractivity contribution in [3.05, 3.63) is 36.8 Å². The van der Waals surface area contributed by atoms with Crippen molar-refractivity contribution in [2.75, 3.05) is 17.7 Å². The zero-order valence-corrected chi connectivity index (χ0v) is 12.6. The molecule has 118 valence electrons. The predicted octanol–water partition coefficient (Wildman–Crippen LogP) is 1.72. The second-order valence-corrected chi connectivity index (χ2v) is 4.81. The number of nitrogens with zero attached hydrogens (tertiary/aromatic N) is 4. The summed E-state index contributed by atoms with van der Waals surface area (Å²) in [7, 11) is 0. The lowest BCUT2D eigenvalue weighted by molar-refractivity contribution is -0.143. The molecule has 0 aliphatic heterocycles. The minimum absolute atomic E-state index is 0.00959. The molecule has 8 heteroatoms. The van der Waals surface area contributed by atoms with Crippen LogP contribution in [-0.4, -0.2) is 32.3 Å². The van der Waals surface area contributed by atoms with Crippen molar-refractivity contribution in [2.24, 2.45) is 0 Å². The van der Waals surface area contributed by atoms with E-state index in [4.69, 9.17) is 10.5 Å². The summed E-state index contributed by atoms with van der Waals surface area (Å²) in [4.78, 5) is 20.0. The lowest BCUT2D eigenvalue weighted by Crippen LogP contribution is -2.14. The summed E-state index contributed by atoms with van der Waals surface area (Å²) in [6, 6.07) is 7.30. The molecule has 0 aliphatic rings. The van der Waals surface area contributed by atoms with Gasteiger partial charge in [-0.25, -0.2) is 14.6 Å². The lowest BCUT2D eigenvalue weighted by Gasteiger charge is -2.07. The third-order valence-corrected chi connectivity index (χ3v) is 3.19. The van der Waals surface area contributed by atoms with Crippen LogP contribution in [0.3, 0.4) is 0 Å². The van der Waals surface area contributed by atoms with Crippen molar-refractivity contribution in [1.82, 2.24) is 19.7 Å². The van der Waals surface area contributed by atoms with E-state index in [1.807, 2.05) is 12.1 Å². The number of hydrogen-bond donors (Lipinski definition) is 2. The van der Waals surface area contributed by atoms with Crippen molar-refractivity contribution in [2.45, 2.75) is 13.5 Å². The molecule has 23 heavy (non-hydrogen) atoms. The van der Waals surface area contributed by atoms with E-state index in [0.717, 1.165) is 5.69 Å². The number of esters is 1. The van der Waals surface area contributed by atoms with Gasteiger partial charge in [-0.3, -0.25) is 4.79 Å². The van der Waals surface area contributed by atoms with E-state index in [9.17, 15) is 4.79 Å². The Kier molecular flexibility index (Phi) is 4.05. The van der Waals surface area contributed by atoms with Crippen molar-refractivity contribution in [3.63, 3.8) is 0 Å². The third-order valence-electron chi connectivity index (χ3n) is 3.19. The first-order valence-corrected chi connectivity index (χ1v) is 7.12. The SMILES string of the molecule is CCOC(=O)Cn1ncc2c(Nc3ccc(N)cc3)ncnc21. The van der Waals surface area contributed by atoms with Crippen LogP contribution in [0.2, 0.25) is 0 Å². The molecular formula is C15H16N6O2. The molecule has 0 fully saturated rings. The predicted molar refractivity (Wildman–Crippen MR) is 86.1 cm³/mol. The Morgan fingerprint density at radius 2 is 2.09 bits per heavy atom. The zero-order valence-electron chi connectivity index (χ0n) is 12.6. The Hall–Kier alpha value is -3.16. The molecule has 8 nitrogen and oxygen atoms in total. The number of ether oxygens (including phenoxy) is 1. The molecule has 0 atom stereocenters. The van der Waals surface area contributed by atoms with Gasteiger partial charge in [0.15, 0.2) is 5.65 Å². The Bertz CT molecular complexity index is 828. The first kappa shape index (κ1) is 14.8. The van der Waals surface area contributed by atoms with Crippen LogP contribution in [0.5, 0.6) is 0 Å². The summed E-state index contributed by atoms with van der Waals surface area (Å²) < 4.78 is 6.42. The van der Waals surface area contributed by atoms with E-state index in [2.05, 4.69) is 20.4 Å². The Morgan fingerprint density at radius 3 is 2.83 bits per heavy atom. The molecule has 2 aromatic heterocycles. The standard InChI is InChI=1S/C15H16N6O2/c1-2-23-13(22)8-21-15-12(7-19-21)14(17-9-18-15)20-11-5-3-10(16)4-6-11/h3-7,9H,2,8,16H2,1H3,(H,17,18,20). The number of nitrogens with two attached hydrogens (primary N) is 1. The van der Waals surface area contributed by atoms with Crippen molar-refractivity contribution < 1.29 is 9.53 Å². The number of aromatic nitrogens is 4. The second kappa shape index (κ2) is 6.30. The van der Waals surface area contributed by atoms with Crippen LogP contribution in [0.15, 0.2) is 36.8 Å². The van der Waals surface area contributed by atoms with Crippen LogP contribution in [-0.2, 0) is 16.1 Å². The van der Waals surface area contributed by atoms with E-state index in [-0.39, 0.29) is 12.5 Å². The monoisotopic (exact) mass is 312 g/mol. The summed E-state index contributed by atoms with van der Waals surface area (Å²) >= 11 is 0. The normalized spacial score (nSPS) is 10.7. The van der Waals surface area contributed by atoms with Crippen molar-refractivity contribution >= 4 is 34.2 Å². The summed E-state index contributed by atoms with van der Waals surface area (Å²) in [5, 5.41) is 8.09. The highest BCUT2D eigenvalue weighted by Crippen LogP contribution is 2.23. The largest absolute Gasteiger partial charge is 0.465 e. The first-order valence-electron chi connectivity index (χ1n) is 7.12. The van der Waals surface area contributed by atoms with Crippen LogP contribution >= 0.6 is 0 Å². The maximum atomic E-state index is 11.6. The second-order valence-electron chi connectivity index (χ2n) is 4.81. The highest BCUT2D eigenvalue weighted by Gasteiger charge is 2.13. The highest BCUT2D eigenvalue weighted by atomic mass is 16.5. The maximum absolute atomic E-state index is 11.6. The molecule has 3 rings (SSSR count). The molecule has 0 amide bonds. The van der Waals surface area contributed by atoms with Gasteiger partial charge in [0.05, 0.1) is 18.2 Å². The van der Waals surface area contributed by atoms with Crippen LogP contribution in [0.25, 0.3) is 11.0 Å². The average Bonchev–Trinajstić information content (AvgIpc) is 2.94. The van der Waals surface area contributed by atoms with Crippen LogP contribution in [0.1, 0.15) is 6.92 Å².